The predicted octanol–water partition coefficient (Wildman–Crippen LogP) is 1.93. The number of aromatic nitrogens is 2. The van der Waals surface area contributed by atoms with E-state index in [0.29, 0.717) is 19.7 Å². The summed E-state index contributed by atoms with van der Waals surface area (Å²) in [6, 6.07) is 0. The number of hydrogen-bond acceptors (Lipinski definition) is 6. The Labute approximate surface area is 214 Å². The maximum atomic E-state index is 12.2. The van der Waals surface area contributed by atoms with Crippen molar-refractivity contribution in [1.29, 1.82) is 0 Å². The molecule has 3 rings (SSSR count). The normalized spacial score (nSPS) is 20.4. The molecule has 0 radical (unpaired) electrons. The van der Waals surface area contributed by atoms with Gasteiger partial charge in [-0.05, 0) is 33.7 Å². The molecule has 3 heterocycles. The van der Waals surface area contributed by atoms with Crippen LogP contribution in [0.1, 0.15) is 38.9 Å². The fraction of sp³-hybridized carbons (Fsp3) is 0.773. The summed E-state index contributed by atoms with van der Waals surface area (Å²) < 4.78 is 13.2. The molecule has 11 heteroatoms. The Morgan fingerprint density at radius 2 is 1.97 bits per heavy atom. The maximum Gasteiger partial charge on any atom is 0.410 e. The molecule has 33 heavy (non-hydrogen) atoms. The number of piperazine rings is 1. The van der Waals surface area contributed by atoms with Crippen molar-refractivity contribution in [1.82, 2.24) is 29.8 Å². The molecule has 2 fully saturated rings. The van der Waals surface area contributed by atoms with Crippen LogP contribution in [0.15, 0.2) is 17.4 Å². The van der Waals surface area contributed by atoms with Gasteiger partial charge < -0.3 is 24.6 Å². The van der Waals surface area contributed by atoms with Gasteiger partial charge in [0.2, 0.25) is 0 Å². The van der Waals surface area contributed by atoms with Crippen molar-refractivity contribution in [2.45, 2.75) is 38.9 Å². The van der Waals surface area contributed by atoms with E-state index in [9.17, 15) is 4.79 Å². The highest BCUT2D eigenvalue weighted by Gasteiger charge is 2.26. The molecule has 1 aromatic heterocycles. The van der Waals surface area contributed by atoms with Crippen molar-refractivity contribution in [2.75, 3.05) is 66.0 Å². The van der Waals surface area contributed by atoms with Gasteiger partial charge in [0.25, 0.3) is 0 Å². The SMILES string of the molecule is CN=C(NCCCN1CCN(C(=O)OC(C)(C)C)CC1)N1CCOC(c2cnn(C)c2)C1.I. The molecule has 2 saturated heterocycles. The highest BCUT2D eigenvalue weighted by molar-refractivity contribution is 14.0. The third-order valence-corrected chi connectivity index (χ3v) is 5.63. The Kier molecular flexibility index (Phi) is 10.7. The topological polar surface area (TPSA) is 87.5 Å². The molecule has 2 aliphatic rings. The first kappa shape index (κ1) is 27.6. The van der Waals surface area contributed by atoms with Crippen molar-refractivity contribution in [2.24, 2.45) is 12.0 Å². The van der Waals surface area contributed by atoms with E-state index in [2.05, 4.69) is 25.2 Å². The zero-order valence-corrected chi connectivity index (χ0v) is 22.9. The van der Waals surface area contributed by atoms with Gasteiger partial charge in [-0.3, -0.25) is 14.6 Å². The van der Waals surface area contributed by atoms with Crippen molar-refractivity contribution >= 4 is 36.0 Å². The quantitative estimate of drug-likeness (QED) is 0.248. The summed E-state index contributed by atoms with van der Waals surface area (Å²) in [6.07, 6.45) is 4.69. The Morgan fingerprint density at radius 3 is 2.58 bits per heavy atom. The average molecular weight is 578 g/mol. The maximum absolute atomic E-state index is 12.2. The average Bonchev–Trinajstić information content (AvgIpc) is 3.19. The number of amides is 1. The van der Waals surface area contributed by atoms with E-state index in [1.807, 2.05) is 47.3 Å². The lowest BCUT2D eigenvalue weighted by atomic mass is 10.1. The molecule has 1 amide bonds. The molecule has 0 spiro atoms. The molecule has 1 atom stereocenters. The Morgan fingerprint density at radius 1 is 1.24 bits per heavy atom. The fourth-order valence-corrected chi connectivity index (χ4v) is 3.97. The van der Waals surface area contributed by atoms with E-state index in [1.165, 1.54) is 0 Å². The monoisotopic (exact) mass is 577 g/mol. The first-order valence-corrected chi connectivity index (χ1v) is 11.5. The van der Waals surface area contributed by atoms with E-state index in [0.717, 1.165) is 57.2 Å². The number of carbonyl (C=O) groups is 1. The van der Waals surface area contributed by atoms with Gasteiger partial charge in [-0.25, -0.2) is 4.79 Å². The van der Waals surface area contributed by atoms with Crippen LogP contribution in [-0.2, 0) is 16.5 Å². The summed E-state index contributed by atoms with van der Waals surface area (Å²) in [5.74, 6) is 0.914. The highest BCUT2D eigenvalue weighted by atomic mass is 127. The molecule has 10 nitrogen and oxygen atoms in total. The van der Waals surface area contributed by atoms with Crippen molar-refractivity contribution in [3.8, 4) is 0 Å². The summed E-state index contributed by atoms with van der Waals surface area (Å²) in [7, 11) is 3.74. The molecule has 0 saturated carbocycles. The molecule has 0 aromatic carbocycles. The standard InChI is InChI=1S/C22H39N7O3.HI/c1-22(2,3)32-21(30)28-11-9-27(10-12-28)8-6-7-24-20(23-4)29-13-14-31-19(17-29)18-15-25-26(5)16-18;/h15-16,19H,6-14,17H2,1-5H3,(H,23,24);1H. The van der Waals surface area contributed by atoms with Crippen LogP contribution in [0, 0.1) is 0 Å². The lowest BCUT2D eigenvalue weighted by Gasteiger charge is -2.36. The number of carbonyl (C=O) groups excluding carboxylic acids is 1. The smallest absolute Gasteiger partial charge is 0.410 e. The van der Waals surface area contributed by atoms with Gasteiger partial charge in [-0.15, -0.1) is 24.0 Å². The summed E-state index contributed by atoms with van der Waals surface area (Å²) in [4.78, 5) is 23.1. The Bertz CT molecular complexity index is 772. The molecular weight excluding hydrogens is 537 g/mol. The molecule has 1 unspecified atom stereocenters. The second-order valence-corrected chi connectivity index (χ2v) is 9.39. The molecule has 1 N–H and O–H groups in total. The summed E-state index contributed by atoms with van der Waals surface area (Å²) in [6.45, 7) is 13.0. The Hall–Kier alpha value is -1.60. The van der Waals surface area contributed by atoms with Crippen LogP contribution in [0.2, 0.25) is 0 Å². The van der Waals surface area contributed by atoms with Gasteiger partial charge in [0.1, 0.15) is 11.7 Å². The van der Waals surface area contributed by atoms with Crippen LogP contribution in [-0.4, -0.2) is 108 Å². The number of nitrogens with zero attached hydrogens (tertiary/aromatic N) is 6. The number of aliphatic imine (C=N–C) groups is 1. The van der Waals surface area contributed by atoms with Crippen LogP contribution in [0.5, 0.6) is 0 Å². The lowest BCUT2D eigenvalue weighted by molar-refractivity contribution is -0.00803. The number of nitrogens with one attached hydrogen (secondary N) is 1. The van der Waals surface area contributed by atoms with Crippen molar-refractivity contribution in [3.05, 3.63) is 18.0 Å². The van der Waals surface area contributed by atoms with Crippen LogP contribution in [0.4, 0.5) is 4.79 Å². The number of halogens is 1. The minimum atomic E-state index is -0.448. The minimum Gasteiger partial charge on any atom is -0.444 e. The van der Waals surface area contributed by atoms with E-state index < -0.39 is 5.60 Å². The molecule has 2 aliphatic heterocycles. The second kappa shape index (κ2) is 12.7. The van der Waals surface area contributed by atoms with Gasteiger partial charge in [-0.2, -0.15) is 5.10 Å². The van der Waals surface area contributed by atoms with Gasteiger partial charge >= 0.3 is 6.09 Å². The first-order chi connectivity index (χ1) is 15.2. The van der Waals surface area contributed by atoms with Gasteiger partial charge in [0.15, 0.2) is 5.96 Å². The van der Waals surface area contributed by atoms with Crippen molar-refractivity contribution < 1.29 is 14.3 Å². The molecule has 188 valence electrons. The fourth-order valence-electron chi connectivity index (χ4n) is 3.97. The summed E-state index contributed by atoms with van der Waals surface area (Å²) in [5, 5.41) is 7.75. The molecule has 1 aromatic rings. The number of aryl methyl sites for hydroxylation is 1. The second-order valence-electron chi connectivity index (χ2n) is 9.39. The minimum absolute atomic E-state index is 0. The largest absolute Gasteiger partial charge is 0.444 e. The zero-order valence-electron chi connectivity index (χ0n) is 20.6. The summed E-state index contributed by atoms with van der Waals surface area (Å²) >= 11 is 0. The van der Waals surface area contributed by atoms with Crippen LogP contribution in [0.25, 0.3) is 0 Å². The third kappa shape index (κ3) is 8.60. The molecule has 0 aliphatic carbocycles. The number of morpholine rings is 1. The van der Waals surface area contributed by atoms with Crippen molar-refractivity contribution in [3.63, 3.8) is 0 Å². The van der Waals surface area contributed by atoms with Crippen LogP contribution in [0.3, 0.4) is 0 Å². The highest BCUT2D eigenvalue weighted by Crippen LogP contribution is 2.21. The Balaban J connectivity index is 0.00000385. The molecule has 0 bridgehead atoms. The zero-order chi connectivity index (χ0) is 23.1. The van der Waals surface area contributed by atoms with Crippen LogP contribution < -0.4 is 5.32 Å². The van der Waals surface area contributed by atoms with Crippen LogP contribution >= 0.6 is 24.0 Å². The number of ether oxygens (including phenoxy) is 2. The summed E-state index contributed by atoms with van der Waals surface area (Å²) in [5.41, 5.74) is 0.648. The van der Waals surface area contributed by atoms with Gasteiger partial charge in [-0.1, -0.05) is 0 Å². The van der Waals surface area contributed by atoms with Gasteiger partial charge in [0, 0.05) is 65.1 Å². The first-order valence-electron chi connectivity index (χ1n) is 11.5. The molecular formula is C22H40IN7O3. The lowest BCUT2D eigenvalue weighted by Crippen LogP contribution is -2.51. The van der Waals surface area contributed by atoms with E-state index >= 15 is 0 Å². The number of hydrogen-bond donors (Lipinski definition) is 1. The number of rotatable bonds is 5. The van der Waals surface area contributed by atoms with E-state index in [4.69, 9.17) is 9.47 Å². The number of guanidine groups is 1. The van der Waals surface area contributed by atoms with E-state index in [1.54, 1.807) is 9.58 Å². The van der Waals surface area contributed by atoms with E-state index in [-0.39, 0.29) is 36.2 Å². The predicted molar refractivity (Wildman–Crippen MR) is 139 cm³/mol. The van der Waals surface area contributed by atoms with Gasteiger partial charge in [0.05, 0.1) is 19.3 Å². The third-order valence-electron chi connectivity index (χ3n) is 5.63.